The summed E-state index contributed by atoms with van der Waals surface area (Å²) in [6, 6.07) is 5.68. The van der Waals surface area contributed by atoms with Crippen molar-refractivity contribution in [2.75, 3.05) is 11.9 Å². The molecule has 1 atom stereocenters. The molecular weight excluding hydrogens is 232 g/mol. The van der Waals surface area contributed by atoms with E-state index in [1.807, 2.05) is 32.0 Å². The summed E-state index contributed by atoms with van der Waals surface area (Å²) < 4.78 is 5.43. The molecule has 0 amide bonds. The molecule has 0 aliphatic heterocycles. The Balaban J connectivity index is 2.01. The van der Waals surface area contributed by atoms with Crippen LogP contribution in [0.1, 0.15) is 19.2 Å². The minimum absolute atomic E-state index is 0.0784. The third kappa shape index (κ3) is 3.00. The van der Waals surface area contributed by atoms with Crippen LogP contribution in [-0.2, 0) is 4.79 Å². The summed E-state index contributed by atoms with van der Waals surface area (Å²) in [6.45, 7) is 4.32. The number of aliphatic carboxylic acids is 1. The van der Waals surface area contributed by atoms with Gasteiger partial charge in [0.1, 0.15) is 5.52 Å². The average Bonchev–Trinajstić information content (AvgIpc) is 2.64. The number of carboxylic acids is 1. The van der Waals surface area contributed by atoms with Gasteiger partial charge in [-0.15, -0.1) is 0 Å². The third-order valence-electron chi connectivity index (χ3n) is 2.67. The molecule has 2 aromatic rings. The van der Waals surface area contributed by atoms with Crippen LogP contribution in [0, 0.1) is 12.8 Å². The van der Waals surface area contributed by atoms with E-state index in [1.54, 1.807) is 0 Å². The molecule has 5 nitrogen and oxygen atoms in total. The first-order chi connectivity index (χ1) is 8.54. The zero-order chi connectivity index (χ0) is 13.1. The molecule has 5 heteroatoms. The molecule has 0 saturated carbocycles. The lowest BCUT2D eigenvalue weighted by Gasteiger charge is -2.11. The van der Waals surface area contributed by atoms with Gasteiger partial charge in [-0.25, -0.2) is 4.98 Å². The Morgan fingerprint density at radius 3 is 3.06 bits per heavy atom. The first-order valence-electron chi connectivity index (χ1n) is 5.87. The van der Waals surface area contributed by atoms with Gasteiger partial charge in [-0.3, -0.25) is 4.79 Å². The Labute approximate surface area is 105 Å². The van der Waals surface area contributed by atoms with Gasteiger partial charge >= 0.3 is 5.97 Å². The summed E-state index contributed by atoms with van der Waals surface area (Å²) in [5.41, 5.74) is 2.48. The number of fused-ring (bicyclic) bond motifs is 1. The predicted octanol–water partition coefficient (Wildman–Crippen LogP) is 2.66. The van der Waals surface area contributed by atoms with E-state index in [0.29, 0.717) is 12.4 Å². The van der Waals surface area contributed by atoms with Gasteiger partial charge in [0.25, 0.3) is 0 Å². The fourth-order valence-corrected chi connectivity index (χ4v) is 1.81. The van der Waals surface area contributed by atoms with E-state index in [1.165, 1.54) is 0 Å². The Morgan fingerprint density at radius 2 is 2.33 bits per heavy atom. The summed E-state index contributed by atoms with van der Waals surface area (Å²) >= 11 is 0. The van der Waals surface area contributed by atoms with Crippen molar-refractivity contribution in [2.45, 2.75) is 20.3 Å². The quantitative estimate of drug-likeness (QED) is 0.850. The van der Waals surface area contributed by atoms with Crippen molar-refractivity contribution in [2.24, 2.45) is 5.92 Å². The second-order valence-corrected chi connectivity index (χ2v) is 4.50. The Morgan fingerprint density at radius 1 is 1.56 bits per heavy atom. The second-order valence-electron chi connectivity index (χ2n) is 4.50. The summed E-state index contributed by atoms with van der Waals surface area (Å²) in [7, 11) is 0. The highest BCUT2D eigenvalue weighted by molar-refractivity contribution is 5.77. The van der Waals surface area contributed by atoms with E-state index in [2.05, 4.69) is 10.3 Å². The highest BCUT2D eigenvalue weighted by Crippen LogP contribution is 2.20. The molecule has 1 aromatic carbocycles. The van der Waals surface area contributed by atoms with Crippen molar-refractivity contribution >= 4 is 22.8 Å². The van der Waals surface area contributed by atoms with Crippen molar-refractivity contribution in [3.05, 3.63) is 24.1 Å². The van der Waals surface area contributed by atoms with Crippen LogP contribution in [0.2, 0.25) is 0 Å². The number of anilines is 1. The molecule has 18 heavy (non-hydrogen) atoms. The largest absolute Gasteiger partial charge is 0.481 e. The van der Waals surface area contributed by atoms with Gasteiger partial charge in [0.05, 0.1) is 0 Å². The highest BCUT2D eigenvalue weighted by Gasteiger charge is 2.08. The van der Waals surface area contributed by atoms with Gasteiger partial charge in [-0.2, -0.15) is 0 Å². The molecule has 0 spiro atoms. The Hall–Kier alpha value is -2.04. The SMILES string of the molecule is Cc1nc2ccc(NCC(C)CC(=O)O)cc2o1. The van der Waals surface area contributed by atoms with E-state index in [-0.39, 0.29) is 12.3 Å². The maximum Gasteiger partial charge on any atom is 0.303 e. The molecule has 0 aliphatic carbocycles. The van der Waals surface area contributed by atoms with Crippen LogP contribution in [0.3, 0.4) is 0 Å². The first-order valence-corrected chi connectivity index (χ1v) is 5.87. The molecule has 0 aliphatic rings. The molecule has 0 bridgehead atoms. The molecular formula is C13H16N2O3. The Bertz CT molecular complexity index is 562. The van der Waals surface area contributed by atoms with Crippen LogP contribution in [0.4, 0.5) is 5.69 Å². The number of benzene rings is 1. The molecule has 2 rings (SSSR count). The second kappa shape index (κ2) is 5.08. The van der Waals surface area contributed by atoms with E-state index < -0.39 is 5.97 Å². The van der Waals surface area contributed by atoms with E-state index in [9.17, 15) is 4.79 Å². The number of hydrogen-bond acceptors (Lipinski definition) is 4. The van der Waals surface area contributed by atoms with Crippen LogP contribution < -0.4 is 5.32 Å². The lowest BCUT2D eigenvalue weighted by Crippen LogP contribution is -2.14. The first kappa shape index (κ1) is 12.4. The van der Waals surface area contributed by atoms with Crippen molar-refractivity contribution in [3.8, 4) is 0 Å². The molecule has 0 fully saturated rings. The monoisotopic (exact) mass is 248 g/mol. The van der Waals surface area contributed by atoms with Gasteiger partial charge in [0.2, 0.25) is 0 Å². The van der Waals surface area contributed by atoms with Crippen molar-refractivity contribution < 1.29 is 14.3 Å². The van der Waals surface area contributed by atoms with Gasteiger partial charge in [0, 0.05) is 31.6 Å². The summed E-state index contributed by atoms with van der Waals surface area (Å²) in [4.78, 5) is 14.8. The number of aryl methyl sites for hydroxylation is 1. The van der Waals surface area contributed by atoms with Crippen LogP contribution in [-0.4, -0.2) is 22.6 Å². The smallest absolute Gasteiger partial charge is 0.303 e. The van der Waals surface area contributed by atoms with E-state index in [0.717, 1.165) is 16.8 Å². The zero-order valence-corrected chi connectivity index (χ0v) is 10.4. The minimum atomic E-state index is -0.773. The van der Waals surface area contributed by atoms with Crippen LogP contribution in [0.5, 0.6) is 0 Å². The standard InChI is InChI=1S/C13H16N2O3/c1-8(5-13(16)17)7-14-10-3-4-11-12(6-10)18-9(2)15-11/h3-4,6,8,14H,5,7H2,1-2H3,(H,16,17). The number of rotatable bonds is 5. The van der Waals surface area contributed by atoms with Gasteiger partial charge in [-0.05, 0) is 18.1 Å². The topological polar surface area (TPSA) is 75.4 Å². The van der Waals surface area contributed by atoms with E-state index >= 15 is 0 Å². The van der Waals surface area contributed by atoms with Gasteiger partial charge in [-0.1, -0.05) is 6.92 Å². The van der Waals surface area contributed by atoms with Crippen LogP contribution in [0.15, 0.2) is 22.6 Å². The number of carboxylic acid groups (broad SMARTS) is 1. The number of aromatic nitrogens is 1. The third-order valence-corrected chi connectivity index (χ3v) is 2.67. The molecule has 96 valence electrons. The van der Waals surface area contributed by atoms with Gasteiger partial charge < -0.3 is 14.8 Å². The fraction of sp³-hybridized carbons (Fsp3) is 0.385. The summed E-state index contributed by atoms with van der Waals surface area (Å²) in [5.74, 6) is -0.0540. The number of hydrogen-bond donors (Lipinski definition) is 2. The highest BCUT2D eigenvalue weighted by atomic mass is 16.4. The predicted molar refractivity (Wildman–Crippen MR) is 68.7 cm³/mol. The van der Waals surface area contributed by atoms with Crippen LogP contribution in [0.25, 0.3) is 11.1 Å². The van der Waals surface area contributed by atoms with E-state index in [4.69, 9.17) is 9.52 Å². The number of nitrogens with one attached hydrogen (secondary N) is 1. The molecule has 1 unspecified atom stereocenters. The van der Waals surface area contributed by atoms with Crippen molar-refractivity contribution in [3.63, 3.8) is 0 Å². The molecule has 0 saturated heterocycles. The Kier molecular flexibility index (Phi) is 3.50. The zero-order valence-electron chi connectivity index (χ0n) is 10.4. The van der Waals surface area contributed by atoms with Crippen molar-refractivity contribution in [1.82, 2.24) is 4.98 Å². The molecule has 1 heterocycles. The number of oxazole rings is 1. The van der Waals surface area contributed by atoms with Crippen LogP contribution >= 0.6 is 0 Å². The number of nitrogens with zero attached hydrogens (tertiary/aromatic N) is 1. The molecule has 2 N–H and O–H groups in total. The van der Waals surface area contributed by atoms with Crippen molar-refractivity contribution in [1.29, 1.82) is 0 Å². The lowest BCUT2D eigenvalue weighted by molar-refractivity contribution is -0.137. The molecule has 1 aromatic heterocycles. The average molecular weight is 248 g/mol. The normalized spacial score (nSPS) is 12.6. The number of carbonyl (C=O) groups is 1. The summed E-state index contributed by atoms with van der Waals surface area (Å²) in [5, 5.41) is 11.9. The van der Waals surface area contributed by atoms with Gasteiger partial charge in [0.15, 0.2) is 11.5 Å². The maximum atomic E-state index is 10.5. The summed E-state index contributed by atoms with van der Waals surface area (Å²) in [6.07, 6.45) is 0.163. The molecule has 0 radical (unpaired) electrons. The minimum Gasteiger partial charge on any atom is -0.481 e. The lowest BCUT2D eigenvalue weighted by atomic mass is 10.1. The maximum absolute atomic E-state index is 10.5. The fourth-order valence-electron chi connectivity index (χ4n) is 1.81.